The summed E-state index contributed by atoms with van der Waals surface area (Å²) in [5, 5.41) is 0. The van der Waals surface area contributed by atoms with Gasteiger partial charge in [0.1, 0.15) is 11.4 Å². The van der Waals surface area contributed by atoms with Crippen LogP contribution in [-0.4, -0.2) is 63.4 Å². The van der Waals surface area contributed by atoms with Crippen molar-refractivity contribution in [1.82, 2.24) is 19.4 Å². The van der Waals surface area contributed by atoms with Crippen molar-refractivity contribution in [2.24, 2.45) is 0 Å². The third kappa shape index (κ3) is 2.81. The van der Waals surface area contributed by atoms with Crippen molar-refractivity contribution in [2.75, 3.05) is 26.2 Å². The van der Waals surface area contributed by atoms with E-state index in [-0.39, 0.29) is 11.8 Å². The molecule has 1 aromatic heterocycles. The topological polar surface area (TPSA) is 67.7 Å². The quantitative estimate of drug-likeness (QED) is 0.827. The van der Waals surface area contributed by atoms with Gasteiger partial charge in [-0.1, -0.05) is 0 Å². The minimum absolute atomic E-state index is 0.0349. The van der Waals surface area contributed by atoms with Gasteiger partial charge in [0.25, 0.3) is 5.91 Å². The van der Waals surface area contributed by atoms with Crippen LogP contribution >= 0.6 is 0 Å². The Labute approximate surface area is 142 Å². The second-order valence-electron chi connectivity index (χ2n) is 6.52. The van der Waals surface area contributed by atoms with Gasteiger partial charge in [0.15, 0.2) is 6.10 Å². The normalized spacial score (nSPS) is 22.3. The maximum atomic E-state index is 12.8. The first-order chi connectivity index (χ1) is 11.5. The molecule has 0 aromatic carbocycles. The van der Waals surface area contributed by atoms with Crippen LogP contribution < -0.4 is 0 Å². The van der Waals surface area contributed by atoms with Crippen molar-refractivity contribution in [2.45, 2.75) is 51.9 Å². The first-order valence-corrected chi connectivity index (χ1v) is 8.74. The van der Waals surface area contributed by atoms with E-state index in [1.807, 2.05) is 34.4 Å². The molecule has 132 valence electrons. The monoisotopic (exact) mass is 334 g/mol. The highest BCUT2D eigenvalue weighted by Gasteiger charge is 2.47. The summed E-state index contributed by atoms with van der Waals surface area (Å²) in [6.45, 7) is 8.68. The van der Waals surface area contributed by atoms with Crippen molar-refractivity contribution < 1.29 is 14.3 Å². The van der Waals surface area contributed by atoms with Crippen LogP contribution in [0.25, 0.3) is 0 Å². The van der Waals surface area contributed by atoms with E-state index in [4.69, 9.17) is 4.74 Å². The highest BCUT2D eigenvalue weighted by Crippen LogP contribution is 2.40. The summed E-state index contributed by atoms with van der Waals surface area (Å²) < 4.78 is 8.40. The first kappa shape index (κ1) is 17.0. The van der Waals surface area contributed by atoms with E-state index in [1.165, 1.54) is 0 Å². The van der Waals surface area contributed by atoms with Crippen LogP contribution in [0.3, 0.4) is 0 Å². The number of piperidine rings is 1. The summed E-state index contributed by atoms with van der Waals surface area (Å²) in [6, 6.07) is 0. The van der Waals surface area contributed by atoms with Crippen LogP contribution in [0.15, 0.2) is 12.4 Å². The van der Waals surface area contributed by atoms with E-state index in [0.717, 1.165) is 5.82 Å². The van der Waals surface area contributed by atoms with Gasteiger partial charge in [-0.3, -0.25) is 9.59 Å². The maximum Gasteiger partial charge on any atom is 0.253 e. The number of rotatable bonds is 3. The van der Waals surface area contributed by atoms with Crippen LogP contribution in [0.1, 0.15) is 39.4 Å². The van der Waals surface area contributed by atoms with Gasteiger partial charge in [-0.15, -0.1) is 0 Å². The Morgan fingerprint density at radius 2 is 2.00 bits per heavy atom. The SMILES string of the molecule is CCN(CC)C(=O)[C@@H]1Cn2ccnc2C2(CCN(C(C)=O)CC2)O1. The number of carbonyl (C=O) groups excluding carboxylic acids is 2. The van der Waals surface area contributed by atoms with Gasteiger partial charge in [-0.05, 0) is 13.8 Å². The summed E-state index contributed by atoms with van der Waals surface area (Å²) in [5.74, 6) is 1.00. The van der Waals surface area contributed by atoms with Crippen LogP contribution in [0.2, 0.25) is 0 Å². The van der Waals surface area contributed by atoms with Gasteiger partial charge < -0.3 is 19.1 Å². The number of hydrogen-bond acceptors (Lipinski definition) is 4. The molecule has 2 aliphatic rings. The summed E-state index contributed by atoms with van der Waals surface area (Å²) in [7, 11) is 0. The van der Waals surface area contributed by atoms with Gasteiger partial charge >= 0.3 is 0 Å². The molecule has 0 saturated carbocycles. The molecule has 3 heterocycles. The molecule has 1 atom stereocenters. The molecule has 24 heavy (non-hydrogen) atoms. The molecule has 1 saturated heterocycles. The van der Waals surface area contributed by atoms with Gasteiger partial charge in [0, 0.05) is 58.3 Å². The number of carbonyl (C=O) groups is 2. The molecule has 7 nitrogen and oxygen atoms in total. The molecular weight excluding hydrogens is 308 g/mol. The highest BCUT2D eigenvalue weighted by molar-refractivity contribution is 5.81. The third-order valence-corrected chi connectivity index (χ3v) is 5.22. The number of likely N-dealkylation sites (N-methyl/N-ethyl adjacent to an activating group) is 1. The Kier molecular flexibility index (Phi) is 4.62. The standard InChI is InChI=1S/C17H26N4O3/c1-4-19(5-2)15(23)14-12-21-11-8-18-16(21)17(24-14)6-9-20(10-7-17)13(3)22/h8,11,14H,4-7,9-10,12H2,1-3H3/t14-/m0/s1. The summed E-state index contributed by atoms with van der Waals surface area (Å²) in [4.78, 5) is 32.5. The van der Waals surface area contributed by atoms with E-state index >= 15 is 0 Å². The Balaban J connectivity index is 1.85. The van der Waals surface area contributed by atoms with Gasteiger partial charge in [-0.25, -0.2) is 4.98 Å². The molecule has 1 spiro atoms. The lowest BCUT2D eigenvalue weighted by Gasteiger charge is -2.46. The largest absolute Gasteiger partial charge is 0.352 e. The lowest BCUT2D eigenvalue weighted by Crippen LogP contribution is -2.55. The number of aromatic nitrogens is 2. The zero-order valence-electron chi connectivity index (χ0n) is 14.7. The van der Waals surface area contributed by atoms with Crippen LogP contribution in [0.5, 0.6) is 0 Å². The fourth-order valence-electron chi connectivity index (χ4n) is 3.79. The number of ether oxygens (including phenoxy) is 1. The van der Waals surface area contributed by atoms with E-state index in [0.29, 0.717) is 45.6 Å². The number of likely N-dealkylation sites (tertiary alicyclic amines) is 1. The number of nitrogens with zero attached hydrogens (tertiary/aromatic N) is 4. The van der Waals surface area contributed by atoms with Crippen LogP contribution in [0, 0.1) is 0 Å². The number of hydrogen-bond donors (Lipinski definition) is 0. The lowest BCUT2D eigenvalue weighted by molar-refractivity contribution is -0.182. The van der Waals surface area contributed by atoms with E-state index in [2.05, 4.69) is 4.98 Å². The summed E-state index contributed by atoms with van der Waals surface area (Å²) in [5.41, 5.74) is -0.568. The Bertz CT molecular complexity index is 615. The fraction of sp³-hybridized carbons (Fsp3) is 0.706. The smallest absolute Gasteiger partial charge is 0.253 e. The lowest BCUT2D eigenvalue weighted by atomic mass is 9.88. The Morgan fingerprint density at radius 1 is 1.33 bits per heavy atom. The molecule has 2 aliphatic heterocycles. The summed E-state index contributed by atoms with van der Waals surface area (Å²) >= 11 is 0. The summed E-state index contributed by atoms with van der Waals surface area (Å²) in [6.07, 6.45) is 4.54. The van der Waals surface area contributed by atoms with E-state index < -0.39 is 11.7 Å². The molecule has 0 unspecified atom stereocenters. The zero-order valence-corrected chi connectivity index (χ0v) is 14.7. The predicted molar refractivity (Wildman–Crippen MR) is 88.2 cm³/mol. The van der Waals surface area contributed by atoms with E-state index in [9.17, 15) is 9.59 Å². The molecule has 0 radical (unpaired) electrons. The van der Waals surface area contributed by atoms with Crippen molar-refractivity contribution in [1.29, 1.82) is 0 Å². The van der Waals surface area contributed by atoms with Crippen molar-refractivity contribution in [3.8, 4) is 0 Å². The van der Waals surface area contributed by atoms with Gasteiger partial charge in [0.05, 0.1) is 6.54 Å². The van der Waals surface area contributed by atoms with Crippen LogP contribution in [0.4, 0.5) is 0 Å². The Morgan fingerprint density at radius 3 is 2.58 bits per heavy atom. The third-order valence-electron chi connectivity index (χ3n) is 5.22. The Hall–Kier alpha value is -1.89. The second kappa shape index (κ2) is 6.55. The maximum absolute atomic E-state index is 12.8. The number of imidazole rings is 1. The highest BCUT2D eigenvalue weighted by atomic mass is 16.5. The molecular formula is C17H26N4O3. The fourth-order valence-corrected chi connectivity index (χ4v) is 3.79. The van der Waals surface area contributed by atoms with Crippen molar-refractivity contribution in [3.63, 3.8) is 0 Å². The minimum Gasteiger partial charge on any atom is -0.352 e. The predicted octanol–water partition coefficient (Wildman–Crippen LogP) is 0.988. The van der Waals surface area contributed by atoms with Gasteiger partial charge in [-0.2, -0.15) is 0 Å². The van der Waals surface area contributed by atoms with E-state index in [1.54, 1.807) is 13.1 Å². The molecule has 0 N–H and O–H groups in total. The molecule has 7 heteroatoms. The molecule has 0 aliphatic carbocycles. The molecule has 1 fully saturated rings. The average molecular weight is 334 g/mol. The average Bonchev–Trinajstić information content (AvgIpc) is 3.06. The molecule has 0 bridgehead atoms. The zero-order chi connectivity index (χ0) is 17.3. The number of amides is 2. The molecule has 1 aromatic rings. The minimum atomic E-state index is -0.568. The first-order valence-electron chi connectivity index (χ1n) is 8.74. The molecule has 3 rings (SSSR count). The number of fused-ring (bicyclic) bond motifs is 2. The van der Waals surface area contributed by atoms with Crippen LogP contribution in [-0.2, 0) is 26.5 Å². The van der Waals surface area contributed by atoms with Crippen molar-refractivity contribution in [3.05, 3.63) is 18.2 Å². The molecule has 2 amide bonds. The van der Waals surface area contributed by atoms with Gasteiger partial charge in [0.2, 0.25) is 5.91 Å². The second-order valence-corrected chi connectivity index (χ2v) is 6.52. The van der Waals surface area contributed by atoms with Crippen molar-refractivity contribution >= 4 is 11.8 Å².